The summed E-state index contributed by atoms with van der Waals surface area (Å²) in [6, 6.07) is 11.9. The maximum absolute atomic E-state index is 11.7. The number of benzene rings is 1. The summed E-state index contributed by atoms with van der Waals surface area (Å²) in [6.45, 7) is 0. The molecule has 2 rings (SSSR count). The summed E-state index contributed by atoms with van der Waals surface area (Å²) in [5.74, 6) is 0.0556. The minimum Gasteiger partial charge on any atom is -0.355 e. The average molecular weight is 228 g/mol. The molecule has 0 saturated heterocycles. The summed E-state index contributed by atoms with van der Waals surface area (Å²) in [6.07, 6.45) is 5.09. The third kappa shape index (κ3) is 3.48. The highest BCUT2D eigenvalue weighted by Crippen LogP contribution is 2.08. The molecule has 0 aliphatic carbocycles. The van der Waals surface area contributed by atoms with Crippen molar-refractivity contribution in [3.8, 4) is 0 Å². The fraction of sp³-hybridized carbons (Fsp3) is 0.214. The van der Waals surface area contributed by atoms with Crippen molar-refractivity contribution in [2.75, 3.05) is 5.32 Å². The molecule has 0 atom stereocenters. The number of carbonyl (C=O) groups is 1. The second kappa shape index (κ2) is 5.34. The van der Waals surface area contributed by atoms with Crippen molar-refractivity contribution in [1.29, 1.82) is 0 Å². The van der Waals surface area contributed by atoms with Crippen LogP contribution < -0.4 is 5.32 Å². The number of anilines is 1. The van der Waals surface area contributed by atoms with Crippen LogP contribution in [0, 0.1) is 0 Å². The van der Waals surface area contributed by atoms with E-state index in [4.69, 9.17) is 0 Å². The Hall–Kier alpha value is -2.03. The van der Waals surface area contributed by atoms with Gasteiger partial charge in [0.15, 0.2) is 0 Å². The van der Waals surface area contributed by atoms with Crippen LogP contribution in [0.1, 0.15) is 12.0 Å². The van der Waals surface area contributed by atoms with Crippen molar-refractivity contribution in [1.82, 2.24) is 4.57 Å². The molecule has 2 aromatic rings. The van der Waals surface area contributed by atoms with Crippen LogP contribution in [0.5, 0.6) is 0 Å². The van der Waals surface area contributed by atoms with Crippen molar-refractivity contribution in [3.63, 3.8) is 0 Å². The molecule has 88 valence electrons. The van der Waals surface area contributed by atoms with E-state index < -0.39 is 0 Å². The Bertz CT molecular complexity index is 488. The summed E-state index contributed by atoms with van der Waals surface area (Å²) < 4.78 is 1.91. The molecule has 0 aliphatic heterocycles. The van der Waals surface area contributed by atoms with Crippen molar-refractivity contribution < 1.29 is 4.79 Å². The van der Waals surface area contributed by atoms with E-state index in [1.807, 2.05) is 60.4 Å². The molecule has 1 N–H and O–H groups in total. The first-order valence-electron chi connectivity index (χ1n) is 5.70. The molecular weight excluding hydrogens is 212 g/mol. The number of aromatic nitrogens is 1. The van der Waals surface area contributed by atoms with Crippen LogP contribution in [0.2, 0.25) is 0 Å². The molecule has 1 amide bonds. The maximum atomic E-state index is 11.7. The van der Waals surface area contributed by atoms with Gasteiger partial charge in [0.25, 0.3) is 0 Å². The molecule has 3 nitrogen and oxygen atoms in total. The van der Waals surface area contributed by atoms with Gasteiger partial charge in [-0.15, -0.1) is 0 Å². The van der Waals surface area contributed by atoms with E-state index in [9.17, 15) is 4.79 Å². The Morgan fingerprint density at radius 2 is 2.00 bits per heavy atom. The highest BCUT2D eigenvalue weighted by atomic mass is 16.1. The van der Waals surface area contributed by atoms with Crippen molar-refractivity contribution in [3.05, 3.63) is 54.4 Å². The zero-order chi connectivity index (χ0) is 12.1. The van der Waals surface area contributed by atoms with E-state index in [0.717, 1.165) is 12.1 Å². The quantitative estimate of drug-likeness (QED) is 0.857. The zero-order valence-electron chi connectivity index (χ0n) is 9.89. The van der Waals surface area contributed by atoms with Crippen LogP contribution in [0.25, 0.3) is 0 Å². The fourth-order valence-electron chi connectivity index (χ4n) is 1.70. The van der Waals surface area contributed by atoms with Gasteiger partial charge in [-0.1, -0.05) is 30.3 Å². The first-order valence-corrected chi connectivity index (χ1v) is 5.70. The lowest BCUT2D eigenvalue weighted by molar-refractivity contribution is -0.116. The van der Waals surface area contributed by atoms with Crippen LogP contribution in [-0.4, -0.2) is 10.5 Å². The van der Waals surface area contributed by atoms with Gasteiger partial charge in [0, 0.05) is 25.9 Å². The van der Waals surface area contributed by atoms with E-state index in [0.29, 0.717) is 6.42 Å². The van der Waals surface area contributed by atoms with Gasteiger partial charge < -0.3 is 9.88 Å². The molecule has 1 aromatic carbocycles. The minimum atomic E-state index is 0.0556. The van der Waals surface area contributed by atoms with Crippen molar-refractivity contribution >= 4 is 11.6 Å². The first-order chi connectivity index (χ1) is 8.24. The predicted octanol–water partition coefficient (Wildman–Crippen LogP) is 2.60. The lowest BCUT2D eigenvalue weighted by atomic mass is 10.1. The number of carbonyl (C=O) groups excluding carboxylic acids is 1. The number of nitrogens with one attached hydrogen (secondary N) is 1. The summed E-state index contributed by atoms with van der Waals surface area (Å²) >= 11 is 0. The number of hydrogen-bond acceptors (Lipinski definition) is 1. The molecule has 3 heteroatoms. The Kier molecular flexibility index (Phi) is 3.60. The number of nitrogens with zero attached hydrogens (tertiary/aromatic N) is 1. The minimum absolute atomic E-state index is 0.0556. The largest absolute Gasteiger partial charge is 0.355 e. The van der Waals surface area contributed by atoms with Crippen LogP contribution in [0.15, 0.2) is 48.8 Å². The van der Waals surface area contributed by atoms with Gasteiger partial charge in [0.1, 0.15) is 0 Å². The molecular formula is C14H16N2O. The Morgan fingerprint density at radius 3 is 2.65 bits per heavy atom. The normalized spacial score (nSPS) is 10.2. The molecule has 0 spiro atoms. The fourth-order valence-corrected chi connectivity index (χ4v) is 1.70. The van der Waals surface area contributed by atoms with Gasteiger partial charge in [-0.25, -0.2) is 0 Å². The second-order valence-corrected chi connectivity index (χ2v) is 4.10. The van der Waals surface area contributed by atoms with E-state index in [-0.39, 0.29) is 5.91 Å². The molecule has 17 heavy (non-hydrogen) atoms. The Morgan fingerprint density at radius 1 is 1.24 bits per heavy atom. The molecule has 0 unspecified atom stereocenters. The predicted molar refractivity (Wildman–Crippen MR) is 68.8 cm³/mol. The van der Waals surface area contributed by atoms with E-state index in [1.165, 1.54) is 5.56 Å². The maximum Gasteiger partial charge on any atom is 0.224 e. The Labute approximate surface area is 101 Å². The first kappa shape index (κ1) is 11.5. The third-order valence-corrected chi connectivity index (χ3v) is 2.60. The molecule has 1 heterocycles. The van der Waals surface area contributed by atoms with Crippen LogP contribution in [0.4, 0.5) is 5.69 Å². The van der Waals surface area contributed by atoms with E-state index >= 15 is 0 Å². The number of amides is 1. The Balaban J connectivity index is 1.82. The molecule has 0 fully saturated rings. The lowest BCUT2D eigenvalue weighted by Crippen LogP contribution is -2.11. The summed E-state index contributed by atoms with van der Waals surface area (Å²) in [7, 11) is 1.93. The number of hydrogen-bond donors (Lipinski definition) is 1. The van der Waals surface area contributed by atoms with Crippen LogP contribution in [-0.2, 0) is 18.3 Å². The van der Waals surface area contributed by atoms with Gasteiger partial charge in [-0.2, -0.15) is 0 Å². The van der Waals surface area contributed by atoms with Gasteiger partial charge in [0.05, 0.1) is 5.69 Å². The van der Waals surface area contributed by atoms with Crippen LogP contribution in [0.3, 0.4) is 0 Å². The molecule has 0 radical (unpaired) electrons. The second-order valence-electron chi connectivity index (χ2n) is 4.10. The SMILES string of the molecule is Cn1ccc(NC(=O)CCc2ccccc2)c1. The molecule has 0 aliphatic rings. The summed E-state index contributed by atoms with van der Waals surface area (Å²) in [5, 5.41) is 2.87. The third-order valence-electron chi connectivity index (χ3n) is 2.60. The number of aryl methyl sites for hydroxylation is 2. The highest BCUT2D eigenvalue weighted by Gasteiger charge is 2.03. The molecule has 0 bridgehead atoms. The lowest BCUT2D eigenvalue weighted by Gasteiger charge is -2.03. The van der Waals surface area contributed by atoms with Gasteiger partial charge in [0.2, 0.25) is 5.91 Å². The van der Waals surface area contributed by atoms with Gasteiger partial charge in [-0.05, 0) is 18.1 Å². The standard InChI is InChI=1S/C14H16N2O/c1-16-10-9-13(11-16)15-14(17)8-7-12-5-3-2-4-6-12/h2-6,9-11H,7-8H2,1H3,(H,15,17). The smallest absolute Gasteiger partial charge is 0.224 e. The van der Waals surface area contributed by atoms with E-state index in [2.05, 4.69) is 5.32 Å². The summed E-state index contributed by atoms with van der Waals surface area (Å²) in [5.41, 5.74) is 2.04. The van der Waals surface area contributed by atoms with Gasteiger partial charge in [-0.3, -0.25) is 4.79 Å². The zero-order valence-corrected chi connectivity index (χ0v) is 9.89. The highest BCUT2D eigenvalue weighted by molar-refractivity contribution is 5.90. The monoisotopic (exact) mass is 228 g/mol. The number of rotatable bonds is 4. The van der Waals surface area contributed by atoms with Crippen molar-refractivity contribution in [2.24, 2.45) is 7.05 Å². The average Bonchev–Trinajstić information content (AvgIpc) is 2.73. The van der Waals surface area contributed by atoms with Crippen LogP contribution >= 0.6 is 0 Å². The molecule has 1 aromatic heterocycles. The molecule has 0 saturated carbocycles. The van der Waals surface area contributed by atoms with E-state index in [1.54, 1.807) is 0 Å². The van der Waals surface area contributed by atoms with Crippen molar-refractivity contribution in [2.45, 2.75) is 12.8 Å². The topological polar surface area (TPSA) is 34.0 Å². The summed E-state index contributed by atoms with van der Waals surface area (Å²) in [4.78, 5) is 11.7. The van der Waals surface area contributed by atoms with Gasteiger partial charge >= 0.3 is 0 Å².